The van der Waals surface area contributed by atoms with Crippen LogP contribution in [0.5, 0.6) is 5.75 Å². The van der Waals surface area contributed by atoms with Crippen LogP contribution in [0.3, 0.4) is 0 Å². The number of amides is 2. The number of nitrogens with zero attached hydrogens (tertiary/aromatic N) is 2. The maximum Gasteiger partial charge on any atom is 0.266 e. The van der Waals surface area contributed by atoms with Crippen molar-refractivity contribution in [2.45, 2.75) is 26.2 Å². The minimum atomic E-state index is -0.496. The molecule has 0 aromatic heterocycles. The molecule has 3 rings (SSSR count). The Kier molecular flexibility index (Phi) is 7.23. The lowest BCUT2D eigenvalue weighted by Gasteiger charge is -2.16. The van der Waals surface area contributed by atoms with Gasteiger partial charge in [0.2, 0.25) is 0 Å². The molecule has 1 heterocycles. The normalized spacial score (nSPS) is 13.6. The third-order valence-corrected chi connectivity index (χ3v) is 5.01. The first-order valence-corrected chi connectivity index (χ1v) is 10.1. The molecule has 2 aromatic carbocycles. The van der Waals surface area contributed by atoms with Gasteiger partial charge in [-0.3, -0.25) is 9.59 Å². The van der Waals surface area contributed by atoms with Crippen molar-refractivity contribution in [3.05, 3.63) is 65.2 Å². The molecule has 30 heavy (non-hydrogen) atoms. The first-order valence-electron chi connectivity index (χ1n) is 10.1. The molecule has 1 saturated heterocycles. The molecule has 0 saturated carbocycles. The summed E-state index contributed by atoms with van der Waals surface area (Å²) in [5.74, 6) is -0.0948. The summed E-state index contributed by atoms with van der Waals surface area (Å²) in [7, 11) is 0. The van der Waals surface area contributed by atoms with E-state index in [9.17, 15) is 14.9 Å². The predicted molar refractivity (Wildman–Crippen MR) is 116 cm³/mol. The zero-order valence-corrected chi connectivity index (χ0v) is 17.1. The molecular formula is C24H25N3O3. The Balaban J connectivity index is 1.70. The van der Waals surface area contributed by atoms with Crippen LogP contribution in [-0.2, 0) is 16.0 Å². The first-order chi connectivity index (χ1) is 14.6. The lowest BCUT2D eigenvalue weighted by atomic mass is 10.1. The van der Waals surface area contributed by atoms with Crippen molar-refractivity contribution in [3.8, 4) is 11.8 Å². The maximum atomic E-state index is 12.6. The van der Waals surface area contributed by atoms with Gasteiger partial charge in [0.1, 0.15) is 17.4 Å². The van der Waals surface area contributed by atoms with Gasteiger partial charge in [0.05, 0.1) is 0 Å². The van der Waals surface area contributed by atoms with Gasteiger partial charge < -0.3 is 15.0 Å². The molecule has 1 aliphatic rings. The summed E-state index contributed by atoms with van der Waals surface area (Å²) >= 11 is 0. The summed E-state index contributed by atoms with van der Waals surface area (Å²) in [5.41, 5.74) is 2.31. The Morgan fingerprint density at radius 1 is 1.13 bits per heavy atom. The number of anilines is 1. The van der Waals surface area contributed by atoms with Crippen molar-refractivity contribution in [3.63, 3.8) is 0 Å². The summed E-state index contributed by atoms with van der Waals surface area (Å²) in [6.07, 6.45) is 4.43. The number of likely N-dealkylation sites (tertiary alicyclic amines) is 1. The first kappa shape index (κ1) is 21.1. The summed E-state index contributed by atoms with van der Waals surface area (Å²) in [4.78, 5) is 26.6. The van der Waals surface area contributed by atoms with Crippen molar-refractivity contribution in [2.75, 3.05) is 25.0 Å². The Labute approximate surface area is 176 Å². The monoisotopic (exact) mass is 403 g/mol. The zero-order valence-electron chi connectivity index (χ0n) is 17.1. The number of nitrogens with one attached hydrogen (secondary N) is 1. The molecular weight excluding hydrogens is 378 g/mol. The van der Waals surface area contributed by atoms with Gasteiger partial charge in [0, 0.05) is 24.3 Å². The predicted octanol–water partition coefficient (Wildman–Crippen LogP) is 3.80. The highest BCUT2D eigenvalue weighted by Gasteiger charge is 2.18. The van der Waals surface area contributed by atoms with E-state index in [-0.39, 0.29) is 18.1 Å². The van der Waals surface area contributed by atoms with E-state index in [1.807, 2.05) is 30.3 Å². The number of carbonyl (C=O) groups excluding carboxylic acids is 2. The minimum Gasteiger partial charge on any atom is -0.483 e. The number of para-hydroxylation sites is 1. The van der Waals surface area contributed by atoms with Crippen molar-refractivity contribution in [1.82, 2.24) is 4.90 Å². The van der Waals surface area contributed by atoms with E-state index >= 15 is 0 Å². The number of ether oxygens (including phenoxy) is 1. The summed E-state index contributed by atoms with van der Waals surface area (Å²) in [6.45, 7) is 3.52. The van der Waals surface area contributed by atoms with E-state index in [1.165, 1.54) is 11.6 Å². The van der Waals surface area contributed by atoms with Gasteiger partial charge in [-0.2, -0.15) is 5.26 Å². The van der Waals surface area contributed by atoms with Gasteiger partial charge in [-0.05, 0) is 49.1 Å². The second-order valence-corrected chi connectivity index (χ2v) is 7.09. The number of carbonyl (C=O) groups is 2. The SMILES string of the molecule is CCc1ccc(NC(=O)/C(C#N)=C/c2ccccc2OCC(=O)N2CCCC2)cc1. The molecule has 154 valence electrons. The van der Waals surface area contributed by atoms with Crippen LogP contribution in [0.2, 0.25) is 0 Å². The standard InChI is InChI=1S/C24H25N3O3/c1-2-18-9-11-21(12-10-18)26-24(29)20(16-25)15-19-7-3-4-8-22(19)30-17-23(28)27-13-5-6-14-27/h3-4,7-12,15H,2,5-6,13-14,17H2,1H3,(H,26,29)/b20-15+. The van der Waals surface area contributed by atoms with Gasteiger partial charge in [0.15, 0.2) is 6.61 Å². The maximum absolute atomic E-state index is 12.6. The molecule has 6 heteroatoms. The molecule has 0 unspecified atom stereocenters. The highest BCUT2D eigenvalue weighted by atomic mass is 16.5. The Morgan fingerprint density at radius 3 is 2.50 bits per heavy atom. The van der Waals surface area contributed by atoms with Crippen LogP contribution in [-0.4, -0.2) is 36.4 Å². The van der Waals surface area contributed by atoms with E-state index in [1.54, 1.807) is 29.2 Å². The molecule has 0 atom stereocenters. The molecule has 1 aliphatic heterocycles. The molecule has 2 aromatic rings. The molecule has 0 bridgehead atoms. The summed E-state index contributed by atoms with van der Waals surface area (Å²) < 4.78 is 5.70. The van der Waals surface area contributed by atoms with E-state index in [2.05, 4.69) is 12.2 Å². The Bertz CT molecular complexity index is 968. The lowest BCUT2D eigenvalue weighted by molar-refractivity contribution is -0.132. The van der Waals surface area contributed by atoms with Crippen LogP contribution in [0.1, 0.15) is 30.9 Å². The summed E-state index contributed by atoms with van der Waals surface area (Å²) in [5, 5.41) is 12.2. The van der Waals surface area contributed by atoms with Gasteiger partial charge in [0.25, 0.3) is 11.8 Å². The molecule has 0 spiro atoms. The number of hydrogen-bond acceptors (Lipinski definition) is 4. The molecule has 2 amide bonds. The van der Waals surface area contributed by atoms with Crippen LogP contribution in [0.4, 0.5) is 5.69 Å². The largest absolute Gasteiger partial charge is 0.483 e. The zero-order chi connectivity index (χ0) is 21.3. The van der Waals surface area contributed by atoms with Crippen molar-refractivity contribution in [2.24, 2.45) is 0 Å². The van der Waals surface area contributed by atoms with Gasteiger partial charge in [-0.1, -0.05) is 37.3 Å². The van der Waals surface area contributed by atoms with E-state index < -0.39 is 5.91 Å². The summed E-state index contributed by atoms with van der Waals surface area (Å²) in [6, 6.07) is 16.5. The molecule has 0 aliphatic carbocycles. The van der Waals surface area contributed by atoms with Gasteiger partial charge in [-0.25, -0.2) is 0 Å². The second kappa shape index (κ2) is 10.3. The van der Waals surface area contributed by atoms with E-state index in [0.717, 1.165) is 32.4 Å². The number of nitriles is 1. The van der Waals surface area contributed by atoms with Gasteiger partial charge >= 0.3 is 0 Å². The quantitative estimate of drug-likeness (QED) is 0.563. The third-order valence-electron chi connectivity index (χ3n) is 5.01. The second-order valence-electron chi connectivity index (χ2n) is 7.09. The highest BCUT2D eigenvalue weighted by Crippen LogP contribution is 2.22. The van der Waals surface area contributed by atoms with Crippen LogP contribution in [0.15, 0.2) is 54.1 Å². The average Bonchev–Trinajstić information content (AvgIpc) is 3.32. The Hall–Kier alpha value is -3.59. The minimum absolute atomic E-state index is 0.0449. The van der Waals surface area contributed by atoms with E-state index in [0.29, 0.717) is 17.0 Å². The van der Waals surface area contributed by atoms with E-state index in [4.69, 9.17) is 4.74 Å². The van der Waals surface area contributed by atoms with Crippen molar-refractivity contribution >= 4 is 23.6 Å². The van der Waals surface area contributed by atoms with Crippen molar-refractivity contribution < 1.29 is 14.3 Å². The number of rotatable bonds is 7. The molecule has 0 radical (unpaired) electrons. The van der Waals surface area contributed by atoms with Crippen LogP contribution in [0, 0.1) is 11.3 Å². The Morgan fingerprint density at radius 2 is 1.83 bits per heavy atom. The molecule has 1 fully saturated rings. The number of aryl methyl sites for hydroxylation is 1. The molecule has 6 nitrogen and oxygen atoms in total. The van der Waals surface area contributed by atoms with Crippen molar-refractivity contribution in [1.29, 1.82) is 5.26 Å². The highest BCUT2D eigenvalue weighted by molar-refractivity contribution is 6.09. The third kappa shape index (κ3) is 5.48. The van der Waals surface area contributed by atoms with Gasteiger partial charge in [-0.15, -0.1) is 0 Å². The fourth-order valence-corrected chi connectivity index (χ4v) is 3.25. The lowest BCUT2D eigenvalue weighted by Crippen LogP contribution is -2.32. The van der Waals surface area contributed by atoms with Crippen LogP contribution in [0.25, 0.3) is 6.08 Å². The topological polar surface area (TPSA) is 82.4 Å². The fourth-order valence-electron chi connectivity index (χ4n) is 3.25. The van der Waals surface area contributed by atoms with Crippen LogP contribution >= 0.6 is 0 Å². The smallest absolute Gasteiger partial charge is 0.266 e. The van der Waals surface area contributed by atoms with Crippen LogP contribution < -0.4 is 10.1 Å². The average molecular weight is 403 g/mol. The number of hydrogen-bond donors (Lipinski definition) is 1. The molecule has 1 N–H and O–H groups in total. The fraction of sp³-hybridized carbons (Fsp3) is 0.292. The number of benzene rings is 2.